The summed E-state index contributed by atoms with van der Waals surface area (Å²) >= 11 is 0. The predicted molar refractivity (Wildman–Crippen MR) is 56.4 cm³/mol. The molecule has 0 bridgehead atoms. The third-order valence-electron chi connectivity index (χ3n) is 2.13. The van der Waals surface area contributed by atoms with Crippen LogP contribution in [0.1, 0.15) is 18.4 Å². The largest absolute Gasteiger partial charge is 1.00 e. The van der Waals surface area contributed by atoms with Gasteiger partial charge >= 0.3 is 29.6 Å². The summed E-state index contributed by atoms with van der Waals surface area (Å²) in [6.07, 6.45) is 2.78. The van der Waals surface area contributed by atoms with Gasteiger partial charge in [0.15, 0.2) is 0 Å². The molecule has 0 aliphatic carbocycles. The van der Waals surface area contributed by atoms with E-state index in [4.69, 9.17) is 5.73 Å². The molecule has 0 heterocycles. The van der Waals surface area contributed by atoms with E-state index in [-0.39, 0.29) is 34.5 Å². The van der Waals surface area contributed by atoms with Crippen molar-refractivity contribution in [3.05, 3.63) is 29.8 Å². The van der Waals surface area contributed by atoms with Gasteiger partial charge in [0.1, 0.15) is 10.1 Å². The maximum atomic E-state index is 10.6. The zero-order valence-corrected chi connectivity index (χ0v) is 12.2. The molecule has 0 fully saturated rings. The second-order valence-electron chi connectivity index (χ2n) is 3.34. The molecule has 1 aromatic rings. The molecule has 0 saturated carbocycles. The second kappa shape index (κ2) is 7.42. The van der Waals surface area contributed by atoms with Crippen LogP contribution in [0.4, 0.5) is 0 Å². The quantitative estimate of drug-likeness (QED) is 0.368. The van der Waals surface area contributed by atoms with E-state index in [1.165, 1.54) is 12.1 Å². The molecule has 0 unspecified atom stereocenters. The Morgan fingerprint density at radius 1 is 1.12 bits per heavy atom. The number of benzene rings is 1. The Labute approximate surface area is 118 Å². The SMILES string of the molecule is NCCCCc1ccc(S(=O)(=O)[O-])cc1.[Na+]. The van der Waals surface area contributed by atoms with Gasteiger partial charge in [-0.3, -0.25) is 0 Å². The molecular formula is C10H14NNaO3S. The van der Waals surface area contributed by atoms with Gasteiger partial charge in [0.25, 0.3) is 0 Å². The van der Waals surface area contributed by atoms with Crippen LogP contribution in [0.5, 0.6) is 0 Å². The van der Waals surface area contributed by atoms with Gasteiger partial charge < -0.3 is 10.3 Å². The van der Waals surface area contributed by atoms with Crippen LogP contribution in [0.15, 0.2) is 29.2 Å². The molecule has 1 rings (SSSR count). The van der Waals surface area contributed by atoms with E-state index in [1.807, 2.05) is 0 Å². The zero-order chi connectivity index (χ0) is 11.3. The van der Waals surface area contributed by atoms with Gasteiger partial charge in [0.05, 0.1) is 4.90 Å². The molecule has 1 aromatic carbocycles. The van der Waals surface area contributed by atoms with Gasteiger partial charge in [-0.05, 0) is 43.5 Å². The smallest absolute Gasteiger partial charge is 0.744 e. The summed E-state index contributed by atoms with van der Waals surface area (Å²) in [7, 11) is -4.31. The minimum absolute atomic E-state index is 0. The van der Waals surface area contributed by atoms with Crippen molar-refractivity contribution in [3.63, 3.8) is 0 Å². The van der Waals surface area contributed by atoms with E-state index in [0.29, 0.717) is 6.54 Å². The second-order valence-corrected chi connectivity index (χ2v) is 4.72. The molecule has 4 nitrogen and oxygen atoms in total. The van der Waals surface area contributed by atoms with Crippen LogP contribution in [-0.4, -0.2) is 19.5 Å². The van der Waals surface area contributed by atoms with Gasteiger partial charge in [-0.25, -0.2) is 8.42 Å². The van der Waals surface area contributed by atoms with Crippen LogP contribution in [0, 0.1) is 0 Å². The topological polar surface area (TPSA) is 83.2 Å². The Hall–Kier alpha value is 0.0900. The van der Waals surface area contributed by atoms with Crippen LogP contribution in [0.25, 0.3) is 0 Å². The average molecular weight is 251 g/mol. The normalized spacial score (nSPS) is 10.9. The van der Waals surface area contributed by atoms with Gasteiger partial charge in [-0.2, -0.15) is 0 Å². The van der Waals surface area contributed by atoms with Gasteiger partial charge in [0, 0.05) is 0 Å². The zero-order valence-electron chi connectivity index (χ0n) is 9.35. The fourth-order valence-electron chi connectivity index (χ4n) is 1.30. The van der Waals surface area contributed by atoms with Crippen molar-refractivity contribution in [2.45, 2.75) is 24.2 Å². The van der Waals surface area contributed by atoms with Crippen molar-refractivity contribution in [1.82, 2.24) is 0 Å². The fourth-order valence-corrected chi connectivity index (χ4v) is 1.77. The molecule has 0 saturated heterocycles. The van der Waals surface area contributed by atoms with Crippen molar-refractivity contribution in [2.24, 2.45) is 5.73 Å². The maximum Gasteiger partial charge on any atom is 1.00 e. The number of hydrogen-bond acceptors (Lipinski definition) is 4. The Bertz CT molecular complexity index is 403. The Balaban J connectivity index is 0.00000225. The van der Waals surface area contributed by atoms with Crippen LogP contribution in [0.3, 0.4) is 0 Å². The van der Waals surface area contributed by atoms with Gasteiger partial charge in [-0.15, -0.1) is 0 Å². The van der Waals surface area contributed by atoms with Crippen LogP contribution in [0.2, 0.25) is 0 Å². The van der Waals surface area contributed by atoms with Gasteiger partial charge in [0.2, 0.25) is 0 Å². The minimum Gasteiger partial charge on any atom is -0.744 e. The number of nitrogens with two attached hydrogens (primary N) is 1. The van der Waals surface area contributed by atoms with Crippen molar-refractivity contribution in [2.75, 3.05) is 6.54 Å². The number of rotatable bonds is 5. The molecule has 0 aliphatic rings. The summed E-state index contributed by atoms with van der Waals surface area (Å²) in [5, 5.41) is 0. The predicted octanol–water partition coefficient (Wildman–Crippen LogP) is -2.12. The molecular weight excluding hydrogens is 237 g/mol. The number of unbranched alkanes of at least 4 members (excludes halogenated alkanes) is 1. The van der Waals surface area contributed by atoms with E-state index in [9.17, 15) is 13.0 Å². The van der Waals surface area contributed by atoms with Crippen LogP contribution in [-0.2, 0) is 16.5 Å². The van der Waals surface area contributed by atoms with E-state index < -0.39 is 10.1 Å². The molecule has 0 aromatic heterocycles. The first-order valence-corrected chi connectivity index (χ1v) is 6.20. The number of aryl methyl sites for hydroxylation is 1. The molecule has 2 N–H and O–H groups in total. The standard InChI is InChI=1S/C10H15NO3S.Na/c11-8-2-1-3-9-4-6-10(7-5-9)15(12,13)14;/h4-7H,1-3,8,11H2,(H,12,13,14);/q;+1/p-1. The van der Waals surface area contributed by atoms with Gasteiger partial charge in [-0.1, -0.05) is 12.1 Å². The first-order chi connectivity index (χ1) is 7.04. The summed E-state index contributed by atoms with van der Waals surface area (Å²) < 4.78 is 31.9. The fraction of sp³-hybridized carbons (Fsp3) is 0.400. The monoisotopic (exact) mass is 251 g/mol. The van der Waals surface area contributed by atoms with Crippen LogP contribution < -0.4 is 35.3 Å². The summed E-state index contributed by atoms with van der Waals surface area (Å²) in [5.41, 5.74) is 6.38. The van der Waals surface area contributed by atoms with E-state index in [1.54, 1.807) is 12.1 Å². The third kappa shape index (κ3) is 5.43. The third-order valence-corrected chi connectivity index (χ3v) is 2.98. The molecule has 84 valence electrons. The summed E-state index contributed by atoms with van der Waals surface area (Å²) in [5.74, 6) is 0. The molecule has 0 atom stereocenters. The van der Waals surface area contributed by atoms with E-state index >= 15 is 0 Å². The molecule has 6 heteroatoms. The number of hydrogen-bond donors (Lipinski definition) is 1. The molecule has 16 heavy (non-hydrogen) atoms. The van der Waals surface area contributed by atoms with Crippen molar-refractivity contribution < 1.29 is 42.5 Å². The summed E-state index contributed by atoms with van der Waals surface area (Å²) in [4.78, 5) is -0.176. The van der Waals surface area contributed by atoms with Crippen molar-refractivity contribution >= 4 is 10.1 Å². The summed E-state index contributed by atoms with van der Waals surface area (Å²) in [6.45, 7) is 0.660. The molecule has 0 spiro atoms. The van der Waals surface area contributed by atoms with Crippen molar-refractivity contribution in [3.8, 4) is 0 Å². The first kappa shape index (κ1) is 16.1. The van der Waals surface area contributed by atoms with Crippen molar-refractivity contribution in [1.29, 1.82) is 0 Å². The van der Waals surface area contributed by atoms with E-state index in [0.717, 1.165) is 24.8 Å². The van der Waals surface area contributed by atoms with Crippen LogP contribution >= 0.6 is 0 Å². The minimum atomic E-state index is -4.31. The summed E-state index contributed by atoms with van der Waals surface area (Å²) in [6, 6.07) is 6.03. The van der Waals surface area contributed by atoms with E-state index in [2.05, 4.69) is 0 Å². The molecule has 0 aliphatic heterocycles. The Morgan fingerprint density at radius 3 is 2.12 bits per heavy atom. The first-order valence-electron chi connectivity index (χ1n) is 4.79. The average Bonchev–Trinajstić information content (AvgIpc) is 2.18. The maximum absolute atomic E-state index is 10.6. The molecule has 0 amide bonds. The Morgan fingerprint density at radius 2 is 1.69 bits per heavy atom. The Kier molecular flexibility index (Phi) is 7.46. The molecule has 0 radical (unpaired) electrons.